The maximum atomic E-state index is 9.39. The van der Waals surface area contributed by atoms with Crippen molar-refractivity contribution in [1.29, 1.82) is 0 Å². The summed E-state index contributed by atoms with van der Waals surface area (Å²) in [5.74, 6) is 0.0584. The van der Waals surface area contributed by atoms with Crippen molar-refractivity contribution in [1.82, 2.24) is 0 Å². The fraction of sp³-hybridized carbons (Fsp3) is 0.222. The molecule has 0 amide bonds. The lowest BCUT2D eigenvalue weighted by Gasteiger charge is -2.06. The van der Waals surface area contributed by atoms with E-state index < -0.39 is 0 Å². The molecule has 13 heavy (non-hydrogen) atoms. The van der Waals surface area contributed by atoms with Gasteiger partial charge in [0.2, 0.25) is 0 Å². The van der Waals surface area contributed by atoms with Crippen molar-refractivity contribution >= 4 is 29.0 Å². The van der Waals surface area contributed by atoms with E-state index in [0.717, 1.165) is 5.56 Å². The van der Waals surface area contributed by atoms with Crippen molar-refractivity contribution in [2.45, 2.75) is 13.3 Å². The van der Waals surface area contributed by atoms with Gasteiger partial charge in [0, 0.05) is 11.6 Å². The summed E-state index contributed by atoms with van der Waals surface area (Å²) >= 11 is 8.79. The van der Waals surface area contributed by atoms with E-state index in [2.05, 4.69) is 12.6 Å². The molecule has 0 saturated heterocycles. The lowest BCUT2D eigenvalue weighted by molar-refractivity contribution is 0.446. The van der Waals surface area contributed by atoms with Crippen LogP contribution in [0, 0.1) is 0 Å². The molecule has 0 heterocycles. The molecule has 0 radical (unpaired) electrons. The molecule has 0 aliphatic heterocycles. The molecular weight excluding hydrogens is 204 g/mol. The van der Waals surface area contributed by atoms with E-state index in [1.807, 2.05) is 6.92 Å². The van der Waals surface area contributed by atoms with Crippen LogP contribution in [0.5, 0.6) is 11.5 Å². The Labute approximate surface area is 87.6 Å². The number of rotatable bonds is 2. The first kappa shape index (κ1) is 10.3. The number of aromatic hydroxyl groups is 2. The second kappa shape index (κ2) is 3.98. The van der Waals surface area contributed by atoms with E-state index in [0.29, 0.717) is 16.2 Å². The lowest BCUT2D eigenvalue weighted by atomic mass is 10.1. The molecule has 0 spiro atoms. The second-order valence-electron chi connectivity index (χ2n) is 2.66. The zero-order valence-electron chi connectivity index (χ0n) is 7.11. The topological polar surface area (TPSA) is 40.5 Å². The van der Waals surface area contributed by atoms with Crippen molar-refractivity contribution in [3.05, 3.63) is 23.3 Å². The van der Waals surface area contributed by atoms with E-state index in [4.69, 9.17) is 12.2 Å². The maximum Gasteiger partial charge on any atom is 0.128 e. The Morgan fingerprint density at radius 2 is 2.00 bits per heavy atom. The summed E-state index contributed by atoms with van der Waals surface area (Å²) in [6.07, 6.45) is 0.690. The van der Waals surface area contributed by atoms with E-state index in [9.17, 15) is 10.2 Å². The van der Waals surface area contributed by atoms with Crippen LogP contribution >= 0.6 is 24.8 Å². The number of phenols is 2. The molecule has 0 saturated carbocycles. The molecule has 70 valence electrons. The third-order valence-corrected chi connectivity index (χ3v) is 2.27. The SMILES string of the molecule is CCc1cc(C(=S)S)c(O)cc1O. The number of hydrogen-bond acceptors (Lipinski definition) is 3. The first-order valence-corrected chi connectivity index (χ1v) is 4.70. The minimum absolute atomic E-state index is 0.0327. The van der Waals surface area contributed by atoms with Crippen LogP contribution in [0.2, 0.25) is 0 Å². The second-order valence-corrected chi connectivity index (χ2v) is 3.81. The number of thiol groups is 1. The van der Waals surface area contributed by atoms with Crippen LogP contribution < -0.4 is 0 Å². The fourth-order valence-electron chi connectivity index (χ4n) is 1.08. The Kier molecular flexibility index (Phi) is 3.17. The average Bonchev–Trinajstić information content (AvgIpc) is 2.03. The van der Waals surface area contributed by atoms with Gasteiger partial charge >= 0.3 is 0 Å². The Bertz CT molecular complexity index is 348. The van der Waals surface area contributed by atoms with Crippen molar-refractivity contribution in [3.8, 4) is 11.5 Å². The van der Waals surface area contributed by atoms with Gasteiger partial charge in [-0.2, -0.15) is 0 Å². The van der Waals surface area contributed by atoms with Gasteiger partial charge in [-0.15, -0.1) is 12.6 Å². The molecule has 0 unspecified atom stereocenters. The van der Waals surface area contributed by atoms with Crippen LogP contribution in [0.25, 0.3) is 0 Å². The van der Waals surface area contributed by atoms with E-state index in [-0.39, 0.29) is 11.5 Å². The summed E-state index contributed by atoms with van der Waals surface area (Å²) in [6, 6.07) is 2.94. The third-order valence-electron chi connectivity index (χ3n) is 1.81. The van der Waals surface area contributed by atoms with Gasteiger partial charge in [0.15, 0.2) is 0 Å². The van der Waals surface area contributed by atoms with E-state index >= 15 is 0 Å². The largest absolute Gasteiger partial charge is 0.508 e. The molecular formula is C9H10O2S2. The normalized spacial score (nSPS) is 10.0. The molecule has 1 rings (SSSR count). The van der Waals surface area contributed by atoms with Gasteiger partial charge in [0.25, 0.3) is 0 Å². The highest BCUT2D eigenvalue weighted by molar-refractivity contribution is 8.11. The number of hydrogen-bond donors (Lipinski definition) is 3. The Balaban J connectivity index is 3.30. The van der Waals surface area contributed by atoms with Gasteiger partial charge in [-0.05, 0) is 18.1 Å². The van der Waals surface area contributed by atoms with Gasteiger partial charge in [-0.1, -0.05) is 19.1 Å². The summed E-state index contributed by atoms with van der Waals surface area (Å²) in [5, 5.41) is 18.8. The van der Waals surface area contributed by atoms with Gasteiger partial charge in [0.05, 0.1) is 4.20 Å². The van der Waals surface area contributed by atoms with Crippen LogP contribution in [-0.4, -0.2) is 14.4 Å². The zero-order valence-corrected chi connectivity index (χ0v) is 8.82. The highest BCUT2D eigenvalue weighted by Crippen LogP contribution is 2.28. The minimum atomic E-state index is -0.0327. The molecule has 0 fully saturated rings. The van der Waals surface area contributed by atoms with Gasteiger partial charge in [-0.25, -0.2) is 0 Å². The van der Waals surface area contributed by atoms with E-state index in [1.54, 1.807) is 6.07 Å². The Hall–Kier alpha value is -0.740. The number of aryl methyl sites for hydroxylation is 1. The van der Waals surface area contributed by atoms with Crippen LogP contribution in [0.3, 0.4) is 0 Å². The Morgan fingerprint density at radius 1 is 1.38 bits per heavy atom. The molecule has 2 N–H and O–H groups in total. The lowest BCUT2D eigenvalue weighted by Crippen LogP contribution is -1.91. The molecule has 0 atom stereocenters. The predicted molar refractivity (Wildman–Crippen MR) is 59.8 cm³/mol. The van der Waals surface area contributed by atoms with Crippen molar-refractivity contribution in [2.24, 2.45) is 0 Å². The maximum absolute atomic E-state index is 9.39. The van der Waals surface area contributed by atoms with Gasteiger partial charge < -0.3 is 10.2 Å². The first-order chi connectivity index (χ1) is 6.06. The van der Waals surface area contributed by atoms with Crippen molar-refractivity contribution in [2.75, 3.05) is 0 Å². The third kappa shape index (κ3) is 2.14. The number of benzene rings is 1. The molecule has 4 heteroatoms. The highest BCUT2D eigenvalue weighted by Gasteiger charge is 2.08. The predicted octanol–water partition coefficient (Wildman–Crippen LogP) is 2.27. The van der Waals surface area contributed by atoms with Gasteiger partial charge in [0.1, 0.15) is 11.5 Å². The monoisotopic (exact) mass is 214 g/mol. The van der Waals surface area contributed by atoms with Crippen molar-refractivity contribution < 1.29 is 10.2 Å². The molecule has 0 aliphatic carbocycles. The van der Waals surface area contributed by atoms with Crippen LogP contribution in [-0.2, 0) is 6.42 Å². The molecule has 1 aromatic carbocycles. The standard InChI is InChI=1S/C9H10O2S2/c1-2-5-3-6(9(12)13)8(11)4-7(5)10/h3-4,10-11H,2H2,1H3,(H,12,13). The first-order valence-electron chi connectivity index (χ1n) is 3.84. The molecule has 0 aromatic heterocycles. The summed E-state index contributed by atoms with van der Waals surface area (Å²) in [7, 11) is 0. The summed E-state index contributed by atoms with van der Waals surface area (Å²) in [5.41, 5.74) is 1.25. The summed E-state index contributed by atoms with van der Waals surface area (Å²) < 4.78 is 0.326. The molecule has 2 nitrogen and oxygen atoms in total. The zero-order chi connectivity index (χ0) is 10.0. The van der Waals surface area contributed by atoms with E-state index in [1.165, 1.54) is 6.07 Å². The number of phenolic OH excluding ortho intramolecular Hbond substituents is 2. The van der Waals surface area contributed by atoms with Crippen LogP contribution in [0.4, 0.5) is 0 Å². The quantitative estimate of drug-likeness (QED) is 0.522. The Morgan fingerprint density at radius 3 is 2.46 bits per heavy atom. The number of thiocarbonyl (C=S) groups is 1. The van der Waals surface area contributed by atoms with Crippen LogP contribution in [0.15, 0.2) is 12.1 Å². The highest BCUT2D eigenvalue weighted by atomic mass is 32.1. The van der Waals surface area contributed by atoms with Crippen LogP contribution in [0.1, 0.15) is 18.1 Å². The fourth-order valence-corrected chi connectivity index (χ4v) is 1.42. The average molecular weight is 214 g/mol. The minimum Gasteiger partial charge on any atom is -0.508 e. The van der Waals surface area contributed by atoms with Crippen molar-refractivity contribution in [3.63, 3.8) is 0 Å². The molecule has 0 bridgehead atoms. The summed E-state index contributed by atoms with van der Waals surface area (Å²) in [4.78, 5) is 0. The van der Waals surface area contributed by atoms with Gasteiger partial charge in [-0.3, -0.25) is 0 Å². The molecule has 1 aromatic rings. The smallest absolute Gasteiger partial charge is 0.128 e. The summed E-state index contributed by atoms with van der Waals surface area (Å²) in [6.45, 7) is 1.91. The molecule has 0 aliphatic rings.